The summed E-state index contributed by atoms with van der Waals surface area (Å²) in [5.41, 5.74) is 0.313. The summed E-state index contributed by atoms with van der Waals surface area (Å²) in [6, 6.07) is 1.58. The lowest BCUT2D eigenvalue weighted by molar-refractivity contribution is 0.0357. The molecule has 0 aliphatic carbocycles. The number of aldehydes is 1. The summed E-state index contributed by atoms with van der Waals surface area (Å²) < 4.78 is 0. The number of aliphatic hydroxyl groups is 1. The van der Waals surface area contributed by atoms with Crippen molar-refractivity contribution in [3.63, 3.8) is 0 Å². The Kier molecular flexibility index (Phi) is 4.28. The Balaban J connectivity index is 1.90. The number of nitrogens with zero attached hydrogens (tertiary/aromatic N) is 1. The van der Waals surface area contributed by atoms with Crippen molar-refractivity contribution in [1.29, 1.82) is 0 Å². The first-order valence-corrected chi connectivity index (χ1v) is 7.04. The number of nitrogens with one attached hydrogen (secondary N) is 1. The van der Waals surface area contributed by atoms with E-state index in [-0.39, 0.29) is 5.91 Å². The molecule has 0 bridgehead atoms. The quantitative estimate of drug-likeness (QED) is 0.825. The SMILES string of the molecule is CC(C)(O)CC1CCN(C(=O)c2cc(C=O)c[nH]2)CC1. The van der Waals surface area contributed by atoms with Crippen molar-refractivity contribution in [3.05, 3.63) is 23.5 Å². The maximum absolute atomic E-state index is 12.3. The fourth-order valence-electron chi connectivity index (χ4n) is 2.82. The number of aromatic nitrogens is 1. The van der Waals surface area contributed by atoms with E-state index in [1.165, 1.54) is 0 Å². The van der Waals surface area contributed by atoms with Gasteiger partial charge in [-0.05, 0) is 45.1 Å². The average Bonchev–Trinajstić information content (AvgIpc) is 2.85. The van der Waals surface area contributed by atoms with E-state index in [4.69, 9.17) is 0 Å². The second-order valence-corrected chi connectivity index (χ2v) is 6.22. The zero-order chi connectivity index (χ0) is 14.8. The summed E-state index contributed by atoms with van der Waals surface area (Å²) in [5.74, 6) is 0.410. The van der Waals surface area contributed by atoms with Gasteiger partial charge in [-0.3, -0.25) is 9.59 Å². The van der Waals surface area contributed by atoms with Crippen molar-refractivity contribution in [2.75, 3.05) is 13.1 Å². The Morgan fingerprint density at radius 3 is 2.65 bits per heavy atom. The molecule has 1 fully saturated rings. The van der Waals surface area contributed by atoms with Crippen LogP contribution in [-0.2, 0) is 0 Å². The molecule has 1 aromatic rings. The van der Waals surface area contributed by atoms with Gasteiger partial charge in [0.25, 0.3) is 5.91 Å². The molecule has 0 unspecified atom stereocenters. The topological polar surface area (TPSA) is 73.4 Å². The van der Waals surface area contributed by atoms with Crippen LogP contribution in [0.5, 0.6) is 0 Å². The van der Waals surface area contributed by atoms with E-state index in [0.29, 0.717) is 30.3 Å². The monoisotopic (exact) mass is 278 g/mol. The number of likely N-dealkylation sites (tertiary alicyclic amines) is 1. The van der Waals surface area contributed by atoms with Crippen molar-refractivity contribution >= 4 is 12.2 Å². The summed E-state index contributed by atoms with van der Waals surface area (Å²) in [6.07, 6.45) is 4.87. The van der Waals surface area contributed by atoms with Gasteiger partial charge in [0.15, 0.2) is 6.29 Å². The van der Waals surface area contributed by atoms with Crippen LogP contribution in [0.1, 0.15) is 54.0 Å². The number of carbonyl (C=O) groups excluding carboxylic acids is 2. The smallest absolute Gasteiger partial charge is 0.270 e. The van der Waals surface area contributed by atoms with Crippen LogP contribution in [0.2, 0.25) is 0 Å². The van der Waals surface area contributed by atoms with Gasteiger partial charge in [-0.2, -0.15) is 0 Å². The van der Waals surface area contributed by atoms with E-state index >= 15 is 0 Å². The first-order valence-electron chi connectivity index (χ1n) is 7.04. The Bertz CT molecular complexity index is 480. The standard InChI is InChI=1S/C15H22N2O3/c1-15(2,20)8-11-3-5-17(6-4-11)14(19)13-7-12(10-18)9-16-13/h7,9-11,16,20H,3-6,8H2,1-2H3. The van der Waals surface area contributed by atoms with Gasteiger partial charge < -0.3 is 15.0 Å². The maximum atomic E-state index is 12.3. The fourth-order valence-corrected chi connectivity index (χ4v) is 2.82. The maximum Gasteiger partial charge on any atom is 0.270 e. The lowest BCUT2D eigenvalue weighted by atomic mass is 9.86. The second-order valence-electron chi connectivity index (χ2n) is 6.22. The van der Waals surface area contributed by atoms with Crippen LogP contribution < -0.4 is 0 Å². The highest BCUT2D eigenvalue weighted by Crippen LogP contribution is 2.26. The highest BCUT2D eigenvalue weighted by Gasteiger charge is 2.27. The molecule has 0 radical (unpaired) electrons. The van der Waals surface area contributed by atoms with Gasteiger partial charge in [0, 0.05) is 24.8 Å². The van der Waals surface area contributed by atoms with Crippen molar-refractivity contribution in [3.8, 4) is 0 Å². The van der Waals surface area contributed by atoms with Crippen LogP contribution in [0, 0.1) is 5.92 Å². The molecule has 5 heteroatoms. The van der Waals surface area contributed by atoms with E-state index in [2.05, 4.69) is 4.98 Å². The summed E-state index contributed by atoms with van der Waals surface area (Å²) in [4.78, 5) is 27.5. The first kappa shape index (κ1) is 14.8. The highest BCUT2D eigenvalue weighted by atomic mass is 16.3. The Morgan fingerprint density at radius 2 is 2.15 bits per heavy atom. The van der Waals surface area contributed by atoms with Crippen molar-refractivity contribution in [2.24, 2.45) is 5.92 Å². The summed E-state index contributed by atoms with van der Waals surface area (Å²) in [6.45, 7) is 5.05. The molecule has 1 aromatic heterocycles. The molecule has 1 aliphatic rings. The minimum atomic E-state index is -0.644. The number of aromatic amines is 1. The van der Waals surface area contributed by atoms with E-state index in [1.807, 2.05) is 13.8 Å². The molecule has 110 valence electrons. The number of hydrogen-bond acceptors (Lipinski definition) is 3. The van der Waals surface area contributed by atoms with Crippen LogP contribution in [0.15, 0.2) is 12.3 Å². The third-order valence-electron chi connectivity index (χ3n) is 3.76. The van der Waals surface area contributed by atoms with Crippen LogP contribution in [0.25, 0.3) is 0 Å². The van der Waals surface area contributed by atoms with E-state index in [9.17, 15) is 14.7 Å². The third-order valence-corrected chi connectivity index (χ3v) is 3.76. The lowest BCUT2D eigenvalue weighted by Crippen LogP contribution is -2.40. The van der Waals surface area contributed by atoms with E-state index in [0.717, 1.165) is 25.5 Å². The van der Waals surface area contributed by atoms with Gasteiger partial charge in [0.2, 0.25) is 0 Å². The van der Waals surface area contributed by atoms with Crippen molar-refractivity contribution in [2.45, 2.75) is 38.7 Å². The summed E-state index contributed by atoms with van der Waals surface area (Å²) >= 11 is 0. The second kappa shape index (κ2) is 5.79. The average molecular weight is 278 g/mol. The van der Waals surface area contributed by atoms with Gasteiger partial charge >= 0.3 is 0 Å². The lowest BCUT2D eigenvalue weighted by Gasteiger charge is -2.34. The molecule has 2 N–H and O–H groups in total. The summed E-state index contributed by atoms with van der Waals surface area (Å²) in [7, 11) is 0. The number of H-pyrrole nitrogens is 1. The molecule has 2 rings (SSSR count). The number of amides is 1. The van der Waals surface area contributed by atoms with Gasteiger partial charge in [0.1, 0.15) is 5.69 Å². The molecular weight excluding hydrogens is 256 g/mol. The minimum Gasteiger partial charge on any atom is -0.390 e. The molecule has 0 atom stereocenters. The molecule has 1 amide bonds. The normalized spacial score (nSPS) is 17.2. The van der Waals surface area contributed by atoms with Gasteiger partial charge in [0.05, 0.1) is 5.60 Å². The van der Waals surface area contributed by atoms with E-state index in [1.54, 1.807) is 17.2 Å². The zero-order valence-corrected chi connectivity index (χ0v) is 12.1. The Morgan fingerprint density at radius 1 is 1.50 bits per heavy atom. The first-order chi connectivity index (χ1) is 9.39. The van der Waals surface area contributed by atoms with Crippen LogP contribution >= 0.6 is 0 Å². The van der Waals surface area contributed by atoms with Gasteiger partial charge in [-0.1, -0.05) is 0 Å². The molecule has 1 aliphatic heterocycles. The molecular formula is C15H22N2O3. The highest BCUT2D eigenvalue weighted by molar-refractivity contribution is 5.94. The number of rotatable bonds is 4. The van der Waals surface area contributed by atoms with Gasteiger partial charge in [-0.15, -0.1) is 0 Å². The van der Waals surface area contributed by atoms with Crippen LogP contribution in [0.3, 0.4) is 0 Å². The molecule has 2 heterocycles. The minimum absolute atomic E-state index is 0.0557. The van der Waals surface area contributed by atoms with Crippen molar-refractivity contribution < 1.29 is 14.7 Å². The third kappa shape index (κ3) is 3.70. The molecule has 1 saturated heterocycles. The predicted molar refractivity (Wildman–Crippen MR) is 75.7 cm³/mol. The number of hydrogen-bond donors (Lipinski definition) is 2. The number of carbonyl (C=O) groups is 2. The molecule has 5 nitrogen and oxygen atoms in total. The van der Waals surface area contributed by atoms with Crippen LogP contribution in [-0.4, -0.2) is 45.9 Å². The molecule has 0 saturated carbocycles. The predicted octanol–water partition coefficient (Wildman–Crippen LogP) is 1.84. The van der Waals surface area contributed by atoms with E-state index < -0.39 is 5.60 Å². The fraction of sp³-hybridized carbons (Fsp3) is 0.600. The zero-order valence-electron chi connectivity index (χ0n) is 12.1. The molecule has 0 aromatic carbocycles. The Hall–Kier alpha value is -1.62. The number of piperidine rings is 1. The summed E-state index contributed by atoms with van der Waals surface area (Å²) in [5, 5.41) is 9.83. The molecule has 0 spiro atoms. The van der Waals surface area contributed by atoms with Crippen LogP contribution in [0.4, 0.5) is 0 Å². The van der Waals surface area contributed by atoms with Crippen molar-refractivity contribution in [1.82, 2.24) is 9.88 Å². The molecule has 20 heavy (non-hydrogen) atoms. The largest absolute Gasteiger partial charge is 0.390 e. The van der Waals surface area contributed by atoms with Gasteiger partial charge in [-0.25, -0.2) is 0 Å². The Labute approximate surface area is 119 Å².